The average Bonchev–Trinajstić information content (AvgIpc) is 2.67. The second kappa shape index (κ2) is 8.80. The molecule has 136 valence electrons. The number of nitrogens with zero attached hydrogens (tertiary/aromatic N) is 2. The van der Waals surface area contributed by atoms with Crippen LogP contribution in [0.2, 0.25) is 0 Å². The fourth-order valence-electron chi connectivity index (χ4n) is 2.61. The maximum absolute atomic E-state index is 12.5. The standard InChI is InChI=1S/C20H22N2O4/c1-15(23)22(18-12-8-7-11-17(18)20(25)26-3)14-13-19(24)21(2)16-9-5-4-6-10-16/h4-12H,13-14H2,1-3H3. The lowest BCUT2D eigenvalue weighted by atomic mass is 10.1. The molecule has 6 nitrogen and oxygen atoms in total. The number of anilines is 2. The van der Waals surface area contributed by atoms with Crippen molar-refractivity contribution < 1.29 is 19.1 Å². The molecule has 0 aliphatic rings. The minimum absolute atomic E-state index is 0.125. The molecule has 2 aromatic carbocycles. The Bertz CT molecular complexity index is 789. The Morgan fingerprint density at radius 3 is 2.19 bits per heavy atom. The Hall–Kier alpha value is -3.15. The van der Waals surface area contributed by atoms with E-state index >= 15 is 0 Å². The monoisotopic (exact) mass is 354 g/mol. The number of ether oxygens (including phenoxy) is 1. The number of hydrogen-bond acceptors (Lipinski definition) is 4. The molecule has 26 heavy (non-hydrogen) atoms. The van der Waals surface area contributed by atoms with Gasteiger partial charge in [-0.15, -0.1) is 0 Å². The van der Waals surface area contributed by atoms with Crippen LogP contribution in [0.3, 0.4) is 0 Å². The fraction of sp³-hybridized carbons (Fsp3) is 0.250. The van der Waals surface area contributed by atoms with Crippen LogP contribution in [0.25, 0.3) is 0 Å². The van der Waals surface area contributed by atoms with Crippen LogP contribution in [0.4, 0.5) is 11.4 Å². The number of carbonyl (C=O) groups is 3. The van der Waals surface area contributed by atoms with Crippen molar-refractivity contribution in [3.8, 4) is 0 Å². The van der Waals surface area contributed by atoms with Crippen LogP contribution in [-0.2, 0) is 14.3 Å². The van der Waals surface area contributed by atoms with Gasteiger partial charge < -0.3 is 14.5 Å². The van der Waals surface area contributed by atoms with Gasteiger partial charge in [-0.25, -0.2) is 4.79 Å². The largest absolute Gasteiger partial charge is 0.465 e. The number of carbonyl (C=O) groups excluding carboxylic acids is 3. The lowest BCUT2D eigenvalue weighted by Gasteiger charge is -2.24. The van der Waals surface area contributed by atoms with E-state index in [1.165, 1.54) is 18.9 Å². The molecule has 6 heteroatoms. The van der Waals surface area contributed by atoms with Gasteiger partial charge in [-0.1, -0.05) is 30.3 Å². The van der Waals surface area contributed by atoms with Crippen molar-refractivity contribution in [1.29, 1.82) is 0 Å². The van der Waals surface area contributed by atoms with Crippen molar-refractivity contribution in [2.24, 2.45) is 0 Å². The van der Waals surface area contributed by atoms with Crippen LogP contribution in [0.15, 0.2) is 54.6 Å². The molecule has 0 unspecified atom stereocenters. The average molecular weight is 354 g/mol. The van der Waals surface area contributed by atoms with E-state index < -0.39 is 5.97 Å². The first kappa shape index (κ1) is 19.2. The molecule has 2 aromatic rings. The Morgan fingerprint density at radius 2 is 1.58 bits per heavy atom. The molecule has 0 aliphatic carbocycles. The van der Waals surface area contributed by atoms with Gasteiger partial charge in [0, 0.05) is 32.6 Å². The third kappa shape index (κ3) is 4.47. The molecule has 0 radical (unpaired) electrons. The Balaban J connectivity index is 2.16. The second-order valence-electron chi connectivity index (χ2n) is 5.72. The highest BCUT2D eigenvalue weighted by atomic mass is 16.5. The van der Waals surface area contributed by atoms with Crippen molar-refractivity contribution in [3.63, 3.8) is 0 Å². The Kier molecular flexibility index (Phi) is 6.49. The smallest absolute Gasteiger partial charge is 0.339 e. The minimum atomic E-state index is -0.528. The molecule has 0 saturated heterocycles. The molecular weight excluding hydrogens is 332 g/mol. The highest BCUT2D eigenvalue weighted by Crippen LogP contribution is 2.22. The molecular formula is C20H22N2O4. The molecule has 2 rings (SSSR count). The van der Waals surface area contributed by atoms with Crippen molar-refractivity contribution in [1.82, 2.24) is 0 Å². The van der Waals surface area contributed by atoms with E-state index in [1.54, 1.807) is 36.2 Å². The highest BCUT2D eigenvalue weighted by Gasteiger charge is 2.21. The van der Waals surface area contributed by atoms with Crippen LogP contribution in [0.5, 0.6) is 0 Å². The van der Waals surface area contributed by atoms with E-state index in [0.717, 1.165) is 5.69 Å². The first-order valence-corrected chi connectivity index (χ1v) is 8.22. The summed E-state index contributed by atoms with van der Waals surface area (Å²) < 4.78 is 4.78. The number of para-hydroxylation sites is 2. The Labute approximate surface area is 153 Å². The number of methoxy groups -OCH3 is 1. The lowest BCUT2D eigenvalue weighted by Crippen LogP contribution is -2.35. The summed E-state index contributed by atoms with van der Waals surface area (Å²) >= 11 is 0. The van der Waals surface area contributed by atoms with Crippen LogP contribution in [0, 0.1) is 0 Å². The van der Waals surface area contributed by atoms with E-state index in [2.05, 4.69) is 0 Å². The van der Waals surface area contributed by atoms with Gasteiger partial charge >= 0.3 is 5.97 Å². The zero-order valence-electron chi connectivity index (χ0n) is 15.1. The molecule has 0 aliphatic heterocycles. The number of esters is 1. The number of amides is 2. The summed E-state index contributed by atoms with van der Waals surface area (Å²) in [7, 11) is 2.98. The van der Waals surface area contributed by atoms with Crippen molar-refractivity contribution >= 4 is 29.2 Å². The van der Waals surface area contributed by atoms with Gasteiger partial charge in [0.15, 0.2) is 0 Å². The zero-order chi connectivity index (χ0) is 19.1. The van der Waals surface area contributed by atoms with E-state index in [9.17, 15) is 14.4 Å². The molecule has 0 saturated carbocycles. The molecule has 0 bridgehead atoms. The van der Waals surface area contributed by atoms with Crippen molar-refractivity contribution in [2.45, 2.75) is 13.3 Å². The summed E-state index contributed by atoms with van der Waals surface area (Å²) in [5.74, 6) is -0.908. The molecule has 0 spiro atoms. The normalized spacial score (nSPS) is 10.1. The predicted octanol–water partition coefficient (Wildman–Crippen LogP) is 2.88. The lowest BCUT2D eigenvalue weighted by molar-refractivity contribution is -0.118. The van der Waals surface area contributed by atoms with Gasteiger partial charge in [-0.2, -0.15) is 0 Å². The molecule has 0 atom stereocenters. The summed E-state index contributed by atoms with van der Waals surface area (Å²) in [6.45, 7) is 1.57. The summed E-state index contributed by atoms with van der Waals surface area (Å²) in [6.07, 6.45) is 0.125. The third-order valence-electron chi connectivity index (χ3n) is 4.05. The van der Waals surface area contributed by atoms with E-state index in [1.807, 2.05) is 30.3 Å². The maximum Gasteiger partial charge on any atom is 0.339 e. The summed E-state index contributed by atoms with van der Waals surface area (Å²) in [4.78, 5) is 39.5. The highest BCUT2D eigenvalue weighted by molar-refractivity contribution is 6.02. The van der Waals surface area contributed by atoms with Crippen LogP contribution in [0.1, 0.15) is 23.7 Å². The topological polar surface area (TPSA) is 66.9 Å². The molecule has 0 N–H and O–H groups in total. The third-order valence-corrected chi connectivity index (χ3v) is 4.05. The van der Waals surface area contributed by atoms with Crippen molar-refractivity contribution in [2.75, 3.05) is 30.5 Å². The second-order valence-corrected chi connectivity index (χ2v) is 5.72. The fourth-order valence-corrected chi connectivity index (χ4v) is 2.61. The molecule has 0 heterocycles. The van der Waals surface area contributed by atoms with Gasteiger partial charge in [0.2, 0.25) is 11.8 Å². The van der Waals surface area contributed by atoms with Gasteiger partial charge in [-0.05, 0) is 24.3 Å². The van der Waals surface area contributed by atoms with E-state index in [0.29, 0.717) is 5.69 Å². The zero-order valence-corrected chi connectivity index (χ0v) is 15.1. The Morgan fingerprint density at radius 1 is 0.962 bits per heavy atom. The summed E-state index contributed by atoms with van der Waals surface area (Å²) in [6, 6.07) is 16.0. The maximum atomic E-state index is 12.5. The number of rotatable bonds is 6. The number of hydrogen-bond donors (Lipinski definition) is 0. The van der Waals surface area contributed by atoms with E-state index in [-0.39, 0.29) is 30.3 Å². The van der Waals surface area contributed by atoms with Crippen LogP contribution >= 0.6 is 0 Å². The van der Waals surface area contributed by atoms with Gasteiger partial charge in [0.1, 0.15) is 0 Å². The number of benzene rings is 2. The van der Waals surface area contributed by atoms with E-state index in [4.69, 9.17) is 4.74 Å². The van der Waals surface area contributed by atoms with Gasteiger partial charge in [-0.3, -0.25) is 9.59 Å². The molecule has 0 fully saturated rings. The molecule has 0 aromatic heterocycles. The summed E-state index contributed by atoms with van der Waals surface area (Å²) in [5, 5.41) is 0. The minimum Gasteiger partial charge on any atom is -0.465 e. The first-order valence-electron chi connectivity index (χ1n) is 8.22. The first-order chi connectivity index (χ1) is 12.5. The quantitative estimate of drug-likeness (QED) is 0.748. The van der Waals surface area contributed by atoms with Crippen LogP contribution < -0.4 is 9.80 Å². The van der Waals surface area contributed by atoms with Crippen molar-refractivity contribution in [3.05, 3.63) is 60.2 Å². The molecule has 2 amide bonds. The SMILES string of the molecule is COC(=O)c1ccccc1N(CCC(=O)N(C)c1ccccc1)C(C)=O. The van der Waals surface area contributed by atoms with Gasteiger partial charge in [0.25, 0.3) is 0 Å². The van der Waals surface area contributed by atoms with Gasteiger partial charge in [0.05, 0.1) is 18.4 Å². The van der Waals surface area contributed by atoms with Crippen LogP contribution in [-0.4, -0.2) is 38.5 Å². The predicted molar refractivity (Wildman–Crippen MR) is 100 cm³/mol. The summed E-state index contributed by atoms with van der Waals surface area (Å²) in [5.41, 5.74) is 1.50.